The molecule has 0 saturated carbocycles. The summed E-state index contributed by atoms with van der Waals surface area (Å²) in [5, 5.41) is 16.8. The molecule has 0 aliphatic rings. The molecule has 6 nitrogen and oxygen atoms in total. The van der Waals surface area contributed by atoms with E-state index < -0.39 is 32.6 Å². The van der Waals surface area contributed by atoms with Crippen molar-refractivity contribution >= 4 is 13.5 Å². The summed E-state index contributed by atoms with van der Waals surface area (Å²) in [5.74, 6) is 0. The molecular formula is C4H10O6P+. The van der Waals surface area contributed by atoms with E-state index in [-0.39, 0.29) is 0 Å². The number of aliphatic hydroxyl groups is 2. The summed E-state index contributed by atoms with van der Waals surface area (Å²) in [4.78, 5) is 35.4. The van der Waals surface area contributed by atoms with Crippen LogP contribution in [0.5, 0.6) is 0 Å². The average molecular weight is 185 g/mol. The molecule has 0 fully saturated rings. The highest BCUT2D eigenvalue weighted by atomic mass is 31.2. The Hall–Kier alpha value is -0.100. The van der Waals surface area contributed by atoms with Crippen LogP contribution in [0.2, 0.25) is 0 Å². The standard InChI is InChI=1S/C4H10O6P/c5-2-3(6)1-4(7)11(8,9)10/h3,5-6,8-10H,1-2H2/q+1/t3-/m0/s1. The fraction of sp³-hybridized carbons (Fsp3) is 0.750. The summed E-state index contributed by atoms with van der Waals surface area (Å²) in [6, 6.07) is 0. The summed E-state index contributed by atoms with van der Waals surface area (Å²) >= 11 is 0. The predicted molar refractivity (Wildman–Crippen MR) is 36.3 cm³/mol. The predicted octanol–water partition coefficient (Wildman–Crippen LogP) is -2.00. The lowest BCUT2D eigenvalue weighted by Gasteiger charge is -2.04. The van der Waals surface area contributed by atoms with Gasteiger partial charge in [-0.2, -0.15) is 14.7 Å². The van der Waals surface area contributed by atoms with Crippen molar-refractivity contribution in [3.8, 4) is 0 Å². The third kappa shape index (κ3) is 4.36. The highest BCUT2D eigenvalue weighted by Gasteiger charge is 2.42. The van der Waals surface area contributed by atoms with Crippen molar-refractivity contribution in [2.24, 2.45) is 0 Å². The van der Waals surface area contributed by atoms with Crippen molar-refractivity contribution in [1.29, 1.82) is 0 Å². The van der Waals surface area contributed by atoms with Gasteiger partial charge in [-0.3, -0.25) is 0 Å². The minimum absolute atomic E-state index is 0.659. The Kier molecular flexibility index (Phi) is 4.02. The van der Waals surface area contributed by atoms with Crippen molar-refractivity contribution in [3.63, 3.8) is 0 Å². The largest absolute Gasteiger partial charge is 0.478 e. The first-order valence-corrected chi connectivity index (χ1v) is 4.42. The molecule has 5 N–H and O–H groups in total. The molecule has 0 saturated heterocycles. The second-order valence-corrected chi connectivity index (χ2v) is 3.64. The minimum atomic E-state index is -4.48. The Labute approximate surface area is 63.3 Å². The molecule has 0 bridgehead atoms. The normalized spacial score (nSPS) is 14.6. The number of hydrogen-bond acceptors (Lipinski definition) is 6. The quantitative estimate of drug-likeness (QED) is 0.323. The molecule has 0 radical (unpaired) electrons. The molecule has 7 heteroatoms. The monoisotopic (exact) mass is 185 g/mol. The Bertz CT molecular complexity index is 140. The van der Waals surface area contributed by atoms with Crippen LogP contribution in [0.3, 0.4) is 0 Å². The van der Waals surface area contributed by atoms with Crippen LogP contribution in [0.15, 0.2) is 0 Å². The van der Waals surface area contributed by atoms with Gasteiger partial charge in [0.15, 0.2) is 0 Å². The number of carbonyl (C=O) groups is 1. The van der Waals surface area contributed by atoms with Gasteiger partial charge < -0.3 is 10.2 Å². The van der Waals surface area contributed by atoms with E-state index in [9.17, 15) is 4.79 Å². The van der Waals surface area contributed by atoms with E-state index in [2.05, 4.69) is 0 Å². The van der Waals surface area contributed by atoms with Crippen molar-refractivity contribution in [2.45, 2.75) is 12.5 Å². The maximum Gasteiger partial charge on any atom is 0.478 e. The molecule has 0 aliphatic carbocycles. The van der Waals surface area contributed by atoms with Gasteiger partial charge in [0.1, 0.15) is 0 Å². The molecule has 0 aromatic rings. The molecule has 0 aromatic heterocycles. The van der Waals surface area contributed by atoms with Gasteiger partial charge >= 0.3 is 13.5 Å². The lowest BCUT2D eigenvalue weighted by Crippen LogP contribution is -2.18. The third-order valence-electron chi connectivity index (χ3n) is 0.956. The van der Waals surface area contributed by atoms with Gasteiger partial charge in [-0.25, -0.2) is 4.79 Å². The van der Waals surface area contributed by atoms with Crippen molar-refractivity contribution in [2.75, 3.05) is 6.61 Å². The van der Waals surface area contributed by atoms with E-state index in [0.717, 1.165) is 0 Å². The molecular weight excluding hydrogens is 175 g/mol. The fourth-order valence-electron chi connectivity index (χ4n) is 0.389. The second kappa shape index (κ2) is 4.06. The lowest BCUT2D eigenvalue weighted by molar-refractivity contribution is -0.116. The smallest absolute Gasteiger partial charge is 0.394 e. The molecule has 11 heavy (non-hydrogen) atoms. The van der Waals surface area contributed by atoms with E-state index in [0.29, 0.717) is 0 Å². The zero-order chi connectivity index (χ0) is 9.07. The molecule has 0 heterocycles. The van der Waals surface area contributed by atoms with Gasteiger partial charge in [0.05, 0.1) is 19.1 Å². The second-order valence-electron chi connectivity index (χ2n) is 2.00. The summed E-state index contributed by atoms with van der Waals surface area (Å²) in [7, 11) is -4.48. The Morgan fingerprint density at radius 2 is 1.82 bits per heavy atom. The van der Waals surface area contributed by atoms with Gasteiger partial charge in [0.25, 0.3) is 0 Å². The maximum atomic E-state index is 10.5. The summed E-state index contributed by atoms with van der Waals surface area (Å²) in [6.45, 7) is -0.661. The minimum Gasteiger partial charge on any atom is -0.394 e. The van der Waals surface area contributed by atoms with E-state index in [1.807, 2.05) is 0 Å². The van der Waals surface area contributed by atoms with Gasteiger partial charge in [0, 0.05) is 0 Å². The van der Waals surface area contributed by atoms with Crippen LogP contribution in [-0.2, 0) is 4.79 Å². The molecule has 0 amide bonds. The molecule has 0 spiro atoms. The van der Waals surface area contributed by atoms with Gasteiger partial charge in [-0.05, 0) is 0 Å². The third-order valence-corrected chi connectivity index (χ3v) is 1.81. The Morgan fingerprint density at radius 3 is 2.09 bits per heavy atom. The summed E-state index contributed by atoms with van der Waals surface area (Å²) < 4.78 is 0. The summed E-state index contributed by atoms with van der Waals surface area (Å²) in [6.07, 6.45) is -2.01. The molecule has 0 rings (SSSR count). The first kappa shape index (κ1) is 10.9. The van der Waals surface area contributed by atoms with Crippen molar-refractivity contribution in [3.05, 3.63) is 0 Å². The first-order chi connectivity index (χ1) is 4.88. The first-order valence-electron chi connectivity index (χ1n) is 2.77. The van der Waals surface area contributed by atoms with Crippen LogP contribution >= 0.6 is 7.94 Å². The van der Waals surface area contributed by atoms with E-state index in [1.165, 1.54) is 0 Å². The number of hydrogen-bond donors (Lipinski definition) is 5. The van der Waals surface area contributed by atoms with Crippen LogP contribution in [0.1, 0.15) is 6.42 Å². The van der Waals surface area contributed by atoms with Crippen LogP contribution in [0.4, 0.5) is 0 Å². The zero-order valence-electron chi connectivity index (χ0n) is 5.58. The highest BCUT2D eigenvalue weighted by molar-refractivity contribution is 7.76. The number of rotatable bonds is 4. The van der Waals surface area contributed by atoms with Crippen molar-refractivity contribution in [1.82, 2.24) is 0 Å². The van der Waals surface area contributed by atoms with E-state index in [4.69, 9.17) is 24.9 Å². The maximum absolute atomic E-state index is 10.5. The SMILES string of the molecule is O=C(C[C@H](O)CO)[P+](O)(O)O. The van der Waals surface area contributed by atoms with Gasteiger partial charge in [-0.15, -0.1) is 0 Å². The average Bonchev–Trinajstić information content (AvgIpc) is 1.85. The van der Waals surface area contributed by atoms with Crippen molar-refractivity contribution < 1.29 is 29.7 Å². The Balaban J connectivity index is 3.88. The molecule has 0 aliphatic heterocycles. The Morgan fingerprint density at radius 1 is 1.36 bits per heavy atom. The number of carbonyl (C=O) groups excluding carboxylic acids is 1. The molecule has 0 unspecified atom stereocenters. The van der Waals surface area contributed by atoms with Crippen LogP contribution < -0.4 is 0 Å². The number of aliphatic hydroxyl groups excluding tert-OH is 2. The fourth-order valence-corrected chi connectivity index (χ4v) is 0.844. The van der Waals surface area contributed by atoms with Gasteiger partial charge in [0.2, 0.25) is 0 Å². The summed E-state index contributed by atoms with van der Waals surface area (Å²) in [5.41, 5.74) is -1.25. The van der Waals surface area contributed by atoms with Gasteiger partial charge in [-0.1, -0.05) is 0 Å². The van der Waals surface area contributed by atoms with Crippen LogP contribution in [0, 0.1) is 0 Å². The topological polar surface area (TPSA) is 118 Å². The molecule has 66 valence electrons. The van der Waals surface area contributed by atoms with Crippen LogP contribution in [0.25, 0.3) is 0 Å². The van der Waals surface area contributed by atoms with E-state index in [1.54, 1.807) is 0 Å². The lowest BCUT2D eigenvalue weighted by atomic mass is 10.3. The zero-order valence-corrected chi connectivity index (χ0v) is 6.48. The van der Waals surface area contributed by atoms with Crippen LogP contribution in [-0.4, -0.2) is 43.1 Å². The molecule has 1 atom stereocenters. The highest BCUT2D eigenvalue weighted by Crippen LogP contribution is 2.46. The molecule has 0 aromatic carbocycles. The van der Waals surface area contributed by atoms with E-state index >= 15 is 0 Å².